The Morgan fingerprint density at radius 3 is 2.55 bits per heavy atom. The number of nitrogens with zero attached hydrogens (tertiary/aromatic N) is 1. The van der Waals surface area contributed by atoms with Crippen LogP contribution in [0.3, 0.4) is 0 Å². The summed E-state index contributed by atoms with van der Waals surface area (Å²) in [5.41, 5.74) is 6.52. The molecule has 1 aromatic heterocycles. The normalized spacial score (nSPS) is 13.1. The van der Waals surface area contributed by atoms with Gasteiger partial charge >= 0.3 is 0 Å². The first-order valence-electron chi connectivity index (χ1n) is 3.19. The molecule has 0 fully saturated rings. The van der Waals surface area contributed by atoms with Crippen molar-refractivity contribution in [3.63, 3.8) is 0 Å². The van der Waals surface area contributed by atoms with Crippen LogP contribution in [0.5, 0.6) is 0 Å². The van der Waals surface area contributed by atoms with Crippen molar-refractivity contribution in [1.82, 2.24) is 4.98 Å². The Balaban J connectivity index is 3.05. The SMILES string of the molecule is CC(N)c1ccc(Br)c(Br)n1. The van der Waals surface area contributed by atoms with E-state index in [1.165, 1.54) is 0 Å². The molecular formula is C7H8Br2N2. The third-order valence-electron chi connectivity index (χ3n) is 1.29. The van der Waals surface area contributed by atoms with E-state index >= 15 is 0 Å². The van der Waals surface area contributed by atoms with Crippen molar-refractivity contribution in [1.29, 1.82) is 0 Å². The Bertz CT molecular complexity index is 261. The predicted molar refractivity (Wildman–Crippen MR) is 52.2 cm³/mol. The van der Waals surface area contributed by atoms with Gasteiger partial charge in [-0.25, -0.2) is 4.98 Å². The maximum Gasteiger partial charge on any atom is 0.120 e. The molecule has 0 saturated carbocycles. The van der Waals surface area contributed by atoms with Gasteiger partial charge in [0.2, 0.25) is 0 Å². The standard InChI is InChI=1S/C7H8Br2N2/c1-4(10)6-3-2-5(8)7(9)11-6/h2-4H,10H2,1H3. The van der Waals surface area contributed by atoms with E-state index in [2.05, 4.69) is 36.8 Å². The van der Waals surface area contributed by atoms with Crippen LogP contribution >= 0.6 is 31.9 Å². The Hall–Kier alpha value is 0.0700. The number of rotatable bonds is 1. The van der Waals surface area contributed by atoms with Crippen LogP contribution in [0.1, 0.15) is 18.7 Å². The van der Waals surface area contributed by atoms with Crippen molar-refractivity contribution in [3.05, 3.63) is 26.9 Å². The number of hydrogen-bond acceptors (Lipinski definition) is 2. The minimum Gasteiger partial charge on any atom is -0.323 e. The molecule has 4 heteroatoms. The maximum atomic E-state index is 5.63. The fraction of sp³-hybridized carbons (Fsp3) is 0.286. The van der Waals surface area contributed by atoms with Crippen molar-refractivity contribution < 1.29 is 0 Å². The lowest BCUT2D eigenvalue weighted by molar-refractivity contribution is 0.776. The Morgan fingerprint density at radius 2 is 2.09 bits per heavy atom. The summed E-state index contributed by atoms with van der Waals surface area (Å²) < 4.78 is 1.74. The molecule has 60 valence electrons. The molecule has 2 nitrogen and oxygen atoms in total. The Kier molecular flexibility index (Phi) is 3.04. The molecule has 11 heavy (non-hydrogen) atoms. The van der Waals surface area contributed by atoms with Crippen LogP contribution in [0.15, 0.2) is 21.2 Å². The van der Waals surface area contributed by atoms with Crippen molar-refractivity contribution in [2.75, 3.05) is 0 Å². The number of pyridine rings is 1. The number of aromatic nitrogens is 1. The molecule has 0 aliphatic carbocycles. The first-order chi connectivity index (χ1) is 5.11. The molecular weight excluding hydrogens is 272 g/mol. The maximum absolute atomic E-state index is 5.63. The van der Waals surface area contributed by atoms with Gasteiger partial charge in [-0.15, -0.1) is 0 Å². The molecule has 1 atom stereocenters. The fourth-order valence-corrected chi connectivity index (χ4v) is 1.24. The molecule has 0 spiro atoms. The van der Waals surface area contributed by atoms with E-state index in [1.54, 1.807) is 0 Å². The summed E-state index contributed by atoms with van der Waals surface area (Å²) >= 11 is 6.63. The zero-order valence-electron chi connectivity index (χ0n) is 6.01. The Labute approximate surface area is 82.5 Å². The topological polar surface area (TPSA) is 38.9 Å². The highest BCUT2D eigenvalue weighted by Gasteiger charge is 2.03. The lowest BCUT2D eigenvalue weighted by atomic mass is 10.2. The average molecular weight is 280 g/mol. The van der Waals surface area contributed by atoms with Crippen LogP contribution in [0.4, 0.5) is 0 Å². The molecule has 0 aromatic carbocycles. The molecule has 0 radical (unpaired) electrons. The van der Waals surface area contributed by atoms with Crippen LogP contribution < -0.4 is 5.73 Å². The van der Waals surface area contributed by atoms with E-state index in [1.807, 2.05) is 19.1 Å². The van der Waals surface area contributed by atoms with E-state index in [4.69, 9.17) is 5.73 Å². The number of hydrogen-bond donors (Lipinski definition) is 1. The molecule has 1 rings (SSSR count). The zero-order chi connectivity index (χ0) is 8.43. The van der Waals surface area contributed by atoms with Crippen molar-refractivity contribution in [3.8, 4) is 0 Å². The minimum absolute atomic E-state index is 0.0144. The second kappa shape index (κ2) is 3.65. The number of nitrogens with two attached hydrogens (primary N) is 1. The predicted octanol–water partition coefficient (Wildman–Crippen LogP) is 2.63. The van der Waals surface area contributed by atoms with E-state index < -0.39 is 0 Å². The third-order valence-corrected chi connectivity index (χ3v) is 3.07. The molecule has 0 amide bonds. The second-order valence-corrected chi connectivity index (χ2v) is 3.90. The highest BCUT2D eigenvalue weighted by Crippen LogP contribution is 2.21. The van der Waals surface area contributed by atoms with Crippen LogP contribution in [0.25, 0.3) is 0 Å². The lowest BCUT2D eigenvalue weighted by Crippen LogP contribution is -2.07. The van der Waals surface area contributed by atoms with Gasteiger partial charge in [-0.3, -0.25) is 0 Å². The second-order valence-electron chi connectivity index (χ2n) is 2.30. The summed E-state index contributed by atoms with van der Waals surface area (Å²) in [5, 5.41) is 0. The zero-order valence-corrected chi connectivity index (χ0v) is 9.18. The summed E-state index contributed by atoms with van der Waals surface area (Å²) in [5.74, 6) is 0. The van der Waals surface area contributed by atoms with Crippen molar-refractivity contribution >= 4 is 31.9 Å². The van der Waals surface area contributed by atoms with Gasteiger partial charge in [-0.2, -0.15) is 0 Å². The molecule has 1 aromatic rings. The first kappa shape index (κ1) is 9.16. The molecule has 0 aliphatic heterocycles. The lowest BCUT2D eigenvalue weighted by Gasteiger charge is -2.04. The van der Waals surface area contributed by atoms with Crippen molar-refractivity contribution in [2.45, 2.75) is 13.0 Å². The quantitative estimate of drug-likeness (QED) is 0.803. The van der Waals surface area contributed by atoms with Gasteiger partial charge in [0, 0.05) is 6.04 Å². The smallest absolute Gasteiger partial charge is 0.120 e. The average Bonchev–Trinajstić information content (AvgIpc) is 1.94. The molecule has 1 unspecified atom stereocenters. The molecule has 1 heterocycles. The Morgan fingerprint density at radius 1 is 1.45 bits per heavy atom. The van der Waals surface area contributed by atoms with Crippen LogP contribution in [-0.4, -0.2) is 4.98 Å². The van der Waals surface area contributed by atoms with Gasteiger partial charge in [-0.1, -0.05) is 0 Å². The first-order valence-corrected chi connectivity index (χ1v) is 4.77. The summed E-state index contributed by atoms with van der Waals surface area (Å²) in [6.45, 7) is 1.91. The molecule has 0 aliphatic rings. The van der Waals surface area contributed by atoms with Crippen LogP contribution in [0.2, 0.25) is 0 Å². The van der Waals surface area contributed by atoms with E-state index in [-0.39, 0.29) is 6.04 Å². The van der Waals surface area contributed by atoms with Crippen molar-refractivity contribution in [2.24, 2.45) is 5.73 Å². The highest BCUT2D eigenvalue weighted by atomic mass is 79.9. The fourth-order valence-electron chi connectivity index (χ4n) is 0.685. The minimum atomic E-state index is -0.0144. The van der Waals surface area contributed by atoms with Gasteiger partial charge in [0.15, 0.2) is 0 Å². The van der Waals surface area contributed by atoms with Gasteiger partial charge in [-0.05, 0) is 50.9 Å². The summed E-state index contributed by atoms with van der Waals surface area (Å²) in [6, 6.07) is 3.81. The van der Waals surface area contributed by atoms with Gasteiger partial charge in [0.05, 0.1) is 10.2 Å². The summed E-state index contributed by atoms with van der Waals surface area (Å²) in [7, 11) is 0. The van der Waals surface area contributed by atoms with Gasteiger partial charge in [0.1, 0.15) is 4.60 Å². The summed E-state index contributed by atoms with van der Waals surface area (Å²) in [6.07, 6.45) is 0. The number of halogens is 2. The van der Waals surface area contributed by atoms with Crippen LogP contribution in [0, 0.1) is 0 Å². The molecule has 2 N–H and O–H groups in total. The van der Waals surface area contributed by atoms with E-state index in [9.17, 15) is 0 Å². The van der Waals surface area contributed by atoms with Gasteiger partial charge in [0.25, 0.3) is 0 Å². The highest BCUT2D eigenvalue weighted by molar-refractivity contribution is 9.13. The van der Waals surface area contributed by atoms with E-state index in [0.29, 0.717) is 0 Å². The van der Waals surface area contributed by atoms with Gasteiger partial charge < -0.3 is 5.73 Å². The van der Waals surface area contributed by atoms with E-state index in [0.717, 1.165) is 14.8 Å². The summed E-state index contributed by atoms with van der Waals surface area (Å²) in [4.78, 5) is 4.22. The largest absolute Gasteiger partial charge is 0.323 e. The molecule has 0 bridgehead atoms. The third kappa shape index (κ3) is 2.25. The van der Waals surface area contributed by atoms with Crippen LogP contribution in [-0.2, 0) is 0 Å². The molecule has 0 saturated heterocycles. The monoisotopic (exact) mass is 278 g/mol.